The van der Waals surface area contributed by atoms with Gasteiger partial charge in [-0.3, -0.25) is 0 Å². The van der Waals surface area contributed by atoms with Crippen LogP contribution in [0.15, 0.2) is 103 Å². The summed E-state index contributed by atoms with van der Waals surface area (Å²) < 4.78 is 63.2. The van der Waals surface area contributed by atoms with Gasteiger partial charge in [-0.05, 0) is 117 Å². The van der Waals surface area contributed by atoms with E-state index in [2.05, 4.69) is 13.8 Å². The average Bonchev–Trinajstić information content (AvgIpc) is 3.41. The van der Waals surface area contributed by atoms with Crippen LogP contribution in [0.25, 0.3) is 0 Å². The van der Waals surface area contributed by atoms with Gasteiger partial charge in [0.05, 0.1) is 35.5 Å². The van der Waals surface area contributed by atoms with Crippen molar-refractivity contribution in [3.8, 4) is 34.5 Å². The van der Waals surface area contributed by atoms with E-state index < -0.39 is 35.5 Å². The first-order chi connectivity index (χ1) is 36.6. The lowest BCUT2D eigenvalue weighted by Gasteiger charge is -2.12. The predicted molar refractivity (Wildman–Crippen MR) is 290 cm³/mol. The molecule has 5 rings (SSSR count). The first kappa shape index (κ1) is 59.3. The minimum atomic E-state index is -0.779. The van der Waals surface area contributed by atoms with Crippen molar-refractivity contribution in [2.24, 2.45) is 0 Å². The SMILES string of the molecule is CCCCCCCCCCCCCCOc1ccc(C(=O)Oc2ccc(C(=O)Oc3cccc(OC(=O)c4ccc(OC(=O)c5ccc(OCCCCCCCCCCCCCC)c(F)c5)cc4)c3C)cc2)cc1F. The van der Waals surface area contributed by atoms with Crippen molar-refractivity contribution in [3.63, 3.8) is 0 Å². The maximum atomic E-state index is 14.9. The summed E-state index contributed by atoms with van der Waals surface area (Å²) in [6.07, 6.45) is 29.3. The summed E-state index contributed by atoms with van der Waals surface area (Å²) in [6.45, 7) is 6.88. The zero-order valence-corrected chi connectivity index (χ0v) is 44.5. The van der Waals surface area contributed by atoms with Crippen LogP contribution < -0.4 is 28.4 Å². The summed E-state index contributed by atoms with van der Waals surface area (Å²) in [6, 6.07) is 23.9. The number of hydrogen-bond donors (Lipinski definition) is 0. The second-order valence-corrected chi connectivity index (χ2v) is 19.3. The van der Waals surface area contributed by atoms with E-state index >= 15 is 0 Å². The fourth-order valence-electron chi connectivity index (χ4n) is 8.52. The molecule has 10 nitrogen and oxygen atoms in total. The zero-order chi connectivity index (χ0) is 53.5. The molecule has 0 radical (unpaired) electrons. The van der Waals surface area contributed by atoms with Crippen molar-refractivity contribution >= 4 is 23.9 Å². The number of rotatable bonds is 36. The molecule has 0 aromatic heterocycles. The molecule has 75 heavy (non-hydrogen) atoms. The lowest BCUT2D eigenvalue weighted by Crippen LogP contribution is -2.13. The molecular formula is C63H78F2O10. The van der Waals surface area contributed by atoms with Crippen LogP contribution in [0.3, 0.4) is 0 Å². The number of ether oxygens (including phenoxy) is 6. The molecule has 404 valence electrons. The maximum Gasteiger partial charge on any atom is 0.343 e. The molecule has 5 aromatic carbocycles. The van der Waals surface area contributed by atoms with Crippen LogP contribution in [0.5, 0.6) is 34.5 Å². The summed E-state index contributed by atoms with van der Waals surface area (Å²) >= 11 is 0. The highest BCUT2D eigenvalue weighted by Gasteiger charge is 2.19. The molecule has 0 fully saturated rings. The second-order valence-electron chi connectivity index (χ2n) is 19.3. The smallest absolute Gasteiger partial charge is 0.343 e. The largest absolute Gasteiger partial charge is 0.491 e. The van der Waals surface area contributed by atoms with E-state index in [1.807, 2.05) is 0 Å². The molecule has 0 bridgehead atoms. The highest BCUT2D eigenvalue weighted by atomic mass is 19.1. The van der Waals surface area contributed by atoms with Crippen molar-refractivity contribution in [1.82, 2.24) is 0 Å². The fourth-order valence-corrected chi connectivity index (χ4v) is 8.52. The van der Waals surface area contributed by atoms with Gasteiger partial charge in [0.25, 0.3) is 0 Å². The van der Waals surface area contributed by atoms with Crippen LogP contribution in [0.4, 0.5) is 8.78 Å². The van der Waals surface area contributed by atoms with E-state index in [-0.39, 0.29) is 56.8 Å². The van der Waals surface area contributed by atoms with Gasteiger partial charge in [0.15, 0.2) is 23.1 Å². The Kier molecular flexibility index (Phi) is 27.0. The summed E-state index contributed by atoms with van der Waals surface area (Å²) in [5.41, 5.74) is 0.675. The van der Waals surface area contributed by atoms with Crippen molar-refractivity contribution < 1.29 is 56.4 Å². The molecule has 5 aromatic rings. The first-order valence-electron chi connectivity index (χ1n) is 27.6. The molecule has 0 heterocycles. The molecular weight excluding hydrogens is 955 g/mol. The van der Waals surface area contributed by atoms with Gasteiger partial charge < -0.3 is 28.4 Å². The molecule has 0 N–H and O–H groups in total. The van der Waals surface area contributed by atoms with Gasteiger partial charge in [-0.1, -0.05) is 161 Å². The number of esters is 4. The molecule has 0 aliphatic heterocycles. The van der Waals surface area contributed by atoms with E-state index in [1.165, 1.54) is 188 Å². The van der Waals surface area contributed by atoms with E-state index in [0.717, 1.165) is 50.7 Å². The Morgan fingerprint density at radius 1 is 0.347 bits per heavy atom. The molecule has 0 aliphatic carbocycles. The number of carbonyl (C=O) groups excluding carboxylic acids is 4. The zero-order valence-electron chi connectivity index (χ0n) is 44.5. The number of benzene rings is 5. The molecule has 12 heteroatoms. The summed E-state index contributed by atoms with van der Waals surface area (Å²) in [7, 11) is 0. The summed E-state index contributed by atoms with van der Waals surface area (Å²) in [5, 5.41) is 0. The minimum absolute atomic E-state index is 0.00419. The van der Waals surface area contributed by atoms with Gasteiger partial charge in [0.2, 0.25) is 0 Å². The maximum absolute atomic E-state index is 14.9. The van der Waals surface area contributed by atoms with Crippen LogP contribution in [-0.2, 0) is 0 Å². The van der Waals surface area contributed by atoms with Crippen LogP contribution in [0.1, 0.15) is 215 Å². The van der Waals surface area contributed by atoms with Crippen LogP contribution in [-0.4, -0.2) is 37.1 Å². The lowest BCUT2D eigenvalue weighted by molar-refractivity contribution is 0.0721. The Balaban J connectivity index is 0.991. The molecule has 0 atom stereocenters. The molecule has 0 aliphatic rings. The third-order valence-corrected chi connectivity index (χ3v) is 13.1. The topological polar surface area (TPSA) is 124 Å². The van der Waals surface area contributed by atoms with Gasteiger partial charge in [-0.15, -0.1) is 0 Å². The molecule has 0 spiro atoms. The number of unbranched alkanes of at least 4 members (excludes halogenated alkanes) is 22. The average molecular weight is 1030 g/mol. The van der Waals surface area contributed by atoms with Gasteiger partial charge in [0, 0.05) is 5.56 Å². The van der Waals surface area contributed by atoms with Crippen molar-refractivity contribution in [2.75, 3.05) is 13.2 Å². The summed E-state index contributed by atoms with van der Waals surface area (Å²) in [5.74, 6) is -3.62. The Hall–Kier alpha value is -6.56. The Bertz CT molecular complexity index is 2340. The van der Waals surface area contributed by atoms with E-state index in [0.29, 0.717) is 18.8 Å². The monoisotopic (exact) mass is 1030 g/mol. The summed E-state index contributed by atoms with van der Waals surface area (Å²) in [4.78, 5) is 52.0. The van der Waals surface area contributed by atoms with E-state index in [1.54, 1.807) is 25.1 Å². The molecule has 0 saturated heterocycles. The highest BCUT2D eigenvalue weighted by Crippen LogP contribution is 2.30. The van der Waals surface area contributed by atoms with Crippen LogP contribution in [0.2, 0.25) is 0 Å². The highest BCUT2D eigenvalue weighted by molar-refractivity contribution is 5.94. The quantitative estimate of drug-likeness (QED) is 0.0218. The Morgan fingerprint density at radius 2 is 0.640 bits per heavy atom. The van der Waals surface area contributed by atoms with Gasteiger partial charge in [0.1, 0.15) is 23.0 Å². The number of hydrogen-bond acceptors (Lipinski definition) is 10. The molecule has 0 unspecified atom stereocenters. The van der Waals surface area contributed by atoms with E-state index in [4.69, 9.17) is 28.4 Å². The second kappa shape index (κ2) is 34.1. The van der Waals surface area contributed by atoms with Crippen LogP contribution >= 0.6 is 0 Å². The predicted octanol–water partition coefficient (Wildman–Crippen LogP) is 17.3. The van der Waals surface area contributed by atoms with Crippen molar-refractivity contribution in [3.05, 3.63) is 143 Å². The third-order valence-electron chi connectivity index (χ3n) is 13.1. The normalized spacial score (nSPS) is 11.0. The standard InChI is InChI=1S/C63H78F2O10/c1-4-6-8-10-12-14-16-18-20-22-24-26-43-70-58-41-35-50(45-54(58)64)62(68)72-52-37-31-48(32-38-52)60(66)74-56-29-28-30-57(47(56)3)75-61(67)49-33-39-53(40-34-49)73-63(69)51-36-42-59(55(65)46-51)71-44-27-25-23-21-19-17-15-13-11-9-7-5-2/h28-42,45-46H,4-27,43-44H2,1-3H3. The first-order valence-corrected chi connectivity index (χ1v) is 27.6. The fraction of sp³-hybridized carbons (Fsp3) is 0.460. The van der Waals surface area contributed by atoms with Crippen molar-refractivity contribution in [2.45, 2.75) is 175 Å². The lowest BCUT2D eigenvalue weighted by atomic mass is 10.1. The Labute approximate surface area is 443 Å². The molecule has 0 saturated carbocycles. The number of halogens is 2. The van der Waals surface area contributed by atoms with Gasteiger partial charge >= 0.3 is 23.9 Å². The third kappa shape index (κ3) is 21.7. The van der Waals surface area contributed by atoms with E-state index in [9.17, 15) is 28.0 Å². The van der Waals surface area contributed by atoms with Gasteiger partial charge in [-0.2, -0.15) is 0 Å². The molecule has 0 amide bonds. The van der Waals surface area contributed by atoms with Crippen LogP contribution in [0, 0.1) is 18.6 Å². The van der Waals surface area contributed by atoms with Crippen molar-refractivity contribution in [1.29, 1.82) is 0 Å². The minimum Gasteiger partial charge on any atom is -0.491 e. The Morgan fingerprint density at radius 3 is 0.960 bits per heavy atom. The number of carbonyl (C=O) groups is 4. The van der Waals surface area contributed by atoms with Gasteiger partial charge in [-0.25, -0.2) is 28.0 Å².